The molecule has 0 unspecified atom stereocenters. The van der Waals surface area contributed by atoms with Gasteiger partial charge in [0, 0.05) is 5.02 Å². The van der Waals surface area contributed by atoms with Gasteiger partial charge in [-0.05, 0) is 51.1 Å². The number of hydrogen-bond acceptors (Lipinski definition) is 5. The Morgan fingerprint density at radius 2 is 1.63 bits per heavy atom. The van der Waals surface area contributed by atoms with Gasteiger partial charge in [-0.1, -0.05) is 23.7 Å². The second-order valence-electron chi connectivity index (χ2n) is 7.25. The van der Waals surface area contributed by atoms with Crippen LogP contribution in [0.3, 0.4) is 0 Å². The Balaban J connectivity index is 2.06. The topological polar surface area (TPSA) is 106 Å². The molecule has 0 radical (unpaired) electrons. The summed E-state index contributed by atoms with van der Waals surface area (Å²) in [6, 6.07) is 11.4. The standard InChI is InChI=1S/C21H24ClN3O5/c1-21(2,3)30-20(28)23-12-18(26)24-15-7-5-6-8-16(15)25-19(27)14-11-13(22)9-10-17(14)29-4/h5-11H,12H2,1-4H3,(H,23,28)(H,24,26)(H,25,27). The number of para-hydroxylation sites is 2. The molecular formula is C21H24ClN3O5. The SMILES string of the molecule is COc1ccc(Cl)cc1C(=O)Nc1ccccc1NC(=O)CNC(=O)OC(C)(C)C. The lowest BCUT2D eigenvalue weighted by molar-refractivity contribution is -0.115. The number of hydrogen-bond donors (Lipinski definition) is 3. The molecule has 8 nitrogen and oxygen atoms in total. The number of benzene rings is 2. The second-order valence-corrected chi connectivity index (χ2v) is 7.68. The first-order valence-corrected chi connectivity index (χ1v) is 9.47. The predicted molar refractivity (Wildman–Crippen MR) is 115 cm³/mol. The summed E-state index contributed by atoms with van der Waals surface area (Å²) in [6.45, 7) is 4.88. The molecular weight excluding hydrogens is 410 g/mol. The lowest BCUT2D eigenvalue weighted by Crippen LogP contribution is -2.37. The van der Waals surface area contributed by atoms with Crippen LogP contribution in [0.1, 0.15) is 31.1 Å². The first kappa shape index (κ1) is 23.0. The smallest absolute Gasteiger partial charge is 0.408 e. The quantitative estimate of drug-likeness (QED) is 0.636. The van der Waals surface area contributed by atoms with Crippen molar-refractivity contribution in [2.75, 3.05) is 24.3 Å². The molecule has 0 aliphatic carbocycles. The van der Waals surface area contributed by atoms with Crippen LogP contribution in [0, 0.1) is 0 Å². The molecule has 0 saturated carbocycles. The van der Waals surface area contributed by atoms with E-state index in [0.717, 1.165) is 0 Å². The third-order valence-electron chi connectivity index (χ3n) is 3.65. The van der Waals surface area contributed by atoms with Gasteiger partial charge in [-0.25, -0.2) is 4.79 Å². The van der Waals surface area contributed by atoms with Gasteiger partial charge in [-0.15, -0.1) is 0 Å². The Bertz CT molecular complexity index is 940. The number of carbonyl (C=O) groups excluding carboxylic acids is 3. The average molecular weight is 434 g/mol. The molecule has 0 saturated heterocycles. The molecule has 160 valence electrons. The molecule has 0 bridgehead atoms. The highest BCUT2D eigenvalue weighted by Gasteiger charge is 2.18. The molecule has 2 aromatic rings. The number of ether oxygens (including phenoxy) is 2. The van der Waals surface area contributed by atoms with E-state index in [0.29, 0.717) is 22.1 Å². The lowest BCUT2D eigenvalue weighted by atomic mass is 10.1. The molecule has 2 rings (SSSR count). The minimum absolute atomic E-state index is 0.248. The summed E-state index contributed by atoms with van der Waals surface area (Å²) in [7, 11) is 1.45. The number of anilines is 2. The molecule has 2 aromatic carbocycles. The van der Waals surface area contributed by atoms with Crippen LogP contribution in [0.4, 0.5) is 16.2 Å². The highest BCUT2D eigenvalue weighted by molar-refractivity contribution is 6.31. The van der Waals surface area contributed by atoms with E-state index < -0.39 is 23.5 Å². The number of nitrogens with one attached hydrogen (secondary N) is 3. The molecule has 0 heterocycles. The molecule has 3 N–H and O–H groups in total. The number of rotatable bonds is 6. The molecule has 0 aromatic heterocycles. The van der Waals surface area contributed by atoms with Crippen molar-refractivity contribution in [2.45, 2.75) is 26.4 Å². The van der Waals surface area contributed by atoms with Crippen molar-refractivity contribution in [1.82, 2.24) is 5.32 Å². The maximum absolute atomic E-state index is 12.7. The minimum Gasteiger partial charge on any atom is -0.496 e. The molecule has 30 heavy (non-hydrogen) atoms. The van der Waals surface area contributed by atoms with Crippen LogP contribution in [0.15, 0.2) is 42.5 Å². The summed E-state index contributed by atoms with van der Waals surface area (Å²) in [5.74, 6) is -0.578. The third kappa shape index (κ3) is 6.97. The summed E-state index contributed by atoms with van der Waals surface area (Å²) in [5, 5.41) is 8.13. The zero-order chi connectivity index (χ0) is 22.3. The number of carbonyl (C=O) groups is 3. The highest BCUT2D eigenvalue weighted by Crippen LogP contribution is 2.26. The summed E-state index contributed by atoms with van der Waals surface area (Å²) in [5.41, 5.74) is 0.314. The number of amides is 3. The number of halogens is 1. The lowest BCUT2D eigenvalue weighted by Gasteiger charge is -2.19. The van der Waals surface area contributed by atoms with Gasteiger partial charge in [0.2, 0.25) is 5.91 Å². The molecule has 0 spiro atoms. The van der Waals surface area contributed by atoms with E-state index in [9.17, 15) is 14.4 Å². The zero-order valence-electron chi connectivity index (χ0n) is 17.2. The van der Waals surface area contributed by atoms with Gasteiger partial charge >= 0.3 is 6.09 Å². The van der Waals surface area contributed by atoms with Gasteiger partial charge in [0.1, 0.15) is 17.9 Å². The van der Waals surface area contributed by atoms with Crippen molar-refractivity contribution in [3.63, 3.8) is 0 Å². The highest BCUT2D eigenvalue weighted by atomic mass is 35.5. The fourth-order valence-corrected chi connectivity index (χ4v) is 2.58. The summed E-state index contributed by atoms with van der Waals surface area (Å²) >= 11 is 5.98. The molecule has 0 aliphatic rings. The largest absolute Gasteiger partial charge is 0.496 e. The maximum atomic E-state index is 12.7. The van der Waals surface area contributed by atoms with E-state index in [2.05, 4.69) is 16.0 Å². The molecule has 0 fully saturated rings. The molecule has 0 aliphatic heterocycles. The Morgan fingerprint density at radius 3 is 2.23 bits per heavy atom. The summed E-state index contributed by atoms with van der Waals surface area (Å²) in [4.78, 5) is 36.6. The fourth-order valence-electron chi connectivity index (χ4n) is 2.41. The average Bonchev–Trinajstić information content (AvgIpc) is 2.66. The van der Waals surface area contributed by atoms with Gasteiger partial charge in [0.05, 0.1) is 24.0 Å². The van der Waals surface area contributed by atoms with E-state index in [1.165, 1.54) is 13.2 Å². The first-order valence-electron chi connectivity index (χ1n) is 9.09. The van der Waals surface area contributed by atoms with Crippen molar-refractivity contribution in [2.24, 2.45) is 0 Å². The van der Waals surface area contributed by atoms with Crippen LogP contribution in [0.5, 0.6) is 5.75 Å². The third-order valence-corrected chi connectivity index (χ3v) is 3.88. The van der Waals surface area contributed by atoms with Gasteiger partial charge in [0.25, 0.3) is 5.91 Å². The van der Waals surface area contributed by atoms with Gasteiger partial charge < -0.3 is 25.4 Å². The van der Waals surface area contributed by atoms with Crippen LogP contribution in [-0.2, 0) is 9.53 Å². The van der Waals surface area contributed by atoms with Crippen LogP contribution in [-0.4, -0.2) is 37.2 Å². The van der Waals surface area contributed by atoms with Gasteiger partial charge in [-0.3, -0.25) is 9.59 Å². The van der Waals surface area contributed by atoms with E-state index in [1.807, 2.05) is 0 Å². The first-order chi connectivity index (χ1) is 14.1. The number of alkyl carbamates (subject to hydrolysis) is 1. The Kier molecular flexibility index (Phi) is 7.66. The molecule has 0 atom stereocenters. The van der Waals surface area contributed by atoms with E-state index in [4.69, 9.17) is 21.1 Å². The van der Waals surface area contributed by atoms with Crippen molar-refractivity contribution in [1.29, 1.82) is 0 Å². The minimum atomic E-state index is -0.702. The normalized spacial score (nSPS) is 10.7. The maximum Gasteiger partial charge on any atom is 0.408 e. The van der Waals surface area contributed by atoms with Crippen LogP contribution >= 0.6 is 11.6 Å². The van der Waals surface area contributed by atoms with Gasteiger partial charge in [-0.2, -0.15) is 0 Å². The van der Waals surface area contributed by atoms with Gasteiger partial charge in [0.15, 0.2) is 0 Å². The van der Waals surface area contributed by atoms with Crippen molar-refractivity contribution in [3.05, 3.63) is 53.1 Å². The Morgan fingerprint density at radius 1 is 1.00 bits per heavy atom. The van der Waals surface area contributed by atoms with Crippen molar-refractivity contribution >= 4 is 40.9 Å². The number of methoxy groups -OCH3 is 1. The van der Waals surface area contributed by atoms with Crippen LogP contribution in [0.2, 0.25) is 5.02 Å². The predicted octanol–water partition coefficient (Wildman–Crippen LogP) is 4.06. The van der Waals surface area contributed by atoms with E-state index >= 15 is 0 Å². The summed E-state index contributed by atoms with van der Waals surface area (Å²) < 4.78 is 10.3. The Labute approximate surface area is 179 Å². The molecule has 3 amide bonds. The Hall–Kier alpha value is -3.26. The second kappa shape index (κ2) is 9.98. The van der Waals surface area contributed by atoms with Crippen LogP contribution in [0.25, 0.3) is 0 Å². The molecule has 9 heteroatoms. The van der Waals surface area contributed by atoms with E-state index in [1.54, 1.807) is 57.2 Å². The van der Waals surface area contributed by atoms with Crippen molar-refractivity contribution in [3.8, 4) is 5.75 Å². The van der Waals surface area contributed by atoms with E-state index in [-0.39, 0.29) is 12.1 Å². The van der Waals surface area contributed by atoms with Crippen LogP contribution < -0.4 is 20.7 Å². The fraction of sp³-hybridized carbons (Fsp3) is 0.286. The summed E-state index contributed by atoms with van der Waals surface area (Å²) in [6.07, 6.45) is -0.702. The monoisotopic (exact) mass is 433 g/mol. The zero-order valence-corrected chi connectivity index (χ0v) is 17.9. The van der Waals surface area contributed by atoms with Crippen molar-refractivity contribution < 1.29 is 23.9 Å².